The van der Waals surface area contributed by atoms with E-state index in [-0.39, 0.29) is 0 Å². The summed E-state index contributed by atoms with van der Waals surface area (Å²) >= 11 is 0. The zero-order chi connectivity index (χ0) is 17.6. The van der Waals surface area contributed by atoms with Crippen molar-refractivity contribution < 1.29 is 14.8 Å². The first-order valence-corrected chi connectivity index (χ1v) is 9.27. The van der Waals surface area contributed by atoms with Crippen molar-refractivity contribution in [1.29, 1.82) is 0 Å². The van der Waals surface area contributed by atoms with E-state index in [1.807, 2.05) is 12.1 Å². The van der Waals surface area contributed by atoms with E-state index < -0.39 is 5.97 Å². The number of nitrogens with one attached hydrogen (secondary N) is 1. The first-order valence-electron chi connectivity index (χ1n) is 9.27. The summed E-state index contributed by atoms with van der Waals surface area (Å²) in [6, 6.07) is 5.87. The Labute approximate surface area is 148 Å². The van der Waals surface area contributed by atoms with Crippen LogP contribution in [-0.4, -0.2) is 49.3 Å². The van der Waals surface area contributed by atoms with Crippen molar-refractivity contribution in [3.05, 3.63) is 35.0 Å². The molecule has 0 radical (unpaired) electrons. The highest BCUT2D eigenvalue weighted by Gasteiger charge is 2.28. The summed E-state index contributed by atoms with van der Waals surface area (Å²) in [6.07, 6.45) is 5.58. The second kappa shape index (κ2) is 6.30. The summed E-state index contributed by atoms with van der Waals surface area (Å²) in [7, 11) is 4.45. The topological polar surface area (TPSA) is 57.9 Å². The monoisotopic (exact) mass is 340 g/mol. The third-order valence-electron chi connectivity index (χ3n) is 5.94. The molecule has 1 fully saturated rings. The molecule has 0 amide bonds. The molecule has 1 aromatic heterocycles. The predicted molar refractivity (Wildman–Crippen MR) is 98.8 cm³/mol. The minimum absolute atomic E-state index is 0.342. The number of benzene rings is 1. The molecule has 1 aliphatic carbocycles. The van der Waals surface area contributed by atoms with Gasteiger partial charge in [-0.25, -0.2) is 4.79 Å². The number of carbonyl (C=O) groups is 1. The van der Waals surface area contributed by atoms with E-state index in [1.54, 1.807) is 11.0 Å². The second-order valence-corrected chi connectivity index (χ2v) is 7.58. The van der Waals surface area contributed by atoms with Crippen molar-refractivity contribution in [1.82, 2.24) is 4.98 Å². The number of quaternary nitrogens is 1. The molecule has 0 atom stereocenters. The molecule has 132 valence electrons. The minimum Gasteiger partial charge on any atom is -0.478 e. The Balaban J connectivity index is 1.85. The predicted octanol–water partition coefficient (Wildman–Crippen LogP) is 1.54. The lowest BCUT2D eigenvalue weighted by atomic mass is 9.99. The van der Waals surface area contributed by atoms with Crippen LogP contribution in [0.25, 0.3) is 10.9 Å². The number of aromatic nitrogens is 1. The number of fused-ring (bicyclic) bond motifs is 2. The third-order valence-corrected chi connectivity index (χ3v) is 5.94. The van der Waals surface area contributed by atoms with Crippen LogP contribution in [0.2, 0.25) is 0 Å². The van der Waals surface area contributed by atoms with Crippen molar-refractivity contribution in [2.24, 2.45) is 0 Å². The number of anilines is 1. The lowest BCUT2D eigenvalue weighted by molar-refractivity contribution is -0.884. The van der Waals surface area contributed by atoms with E-state index in [9.17, 15) is 9.90 Å². The number of carboxylic acids is 1. The number of hydrogen-bond acceptors (Lipinski definition) is 3. The van der Waals surface area contributed by atoms with Gasteiger partial charge in [0.25, 0.3) is 0 Å². The quantitative estimate of drug-likeness (QED) is 0.890. The number of nitrogens with zero attached hydrogens (tertiary/aromatic N) is 2. The summed E-state index contributed by atoms with van der Waals surface area (Å²) in [5.74, 6) is -0.876. The van der Waals surface area contributed by atoms with Crippen LogP contribution < -0.4 is 9.80 Å². The van der Waals surface area contributed by atoms with Gasteiger partial charge in [0.05, 0.1) is 36.9 Å². The fourth-order valence-corrected chi connectivity index (χ4v) is 4.44. The zero-order valence-corrected chi connectivity index (χ0v) is 15.0. The number of aromatic carboxylic acids is 1. The molecule has 5 heteroatoms. The van der Waals surface area contributed by atoms with Crippen LogP contribution in [0.5, 0.6) is 0 Å². The third kappa shape index (κ3) is 2.86. The normalized spacial score (nSPS) is 22.8. The van der Waals surface area contributed by atoms with Crippen LogP contribution in [-0.2, 0) is 12.8 Å². The molecular weight excluding hydrogens is 314 g/mol. The van der Waals surface area contributed by atoms with Crippen LogP contribution in [0.4, 0.5) is 5.69 Å². The standard InChI is InChI=1S/C20H25N3O2/c1-22-10-8-14(9-11-22)23(2)19-15-4-3-5-17(15)21-18-7-6-13(20(24)25)12-16(18)19/h6-7,12,14H,3-5,8-11H2,1-2H3,(H,24,25)/p+1. The Morgan fingerprint density at radius 3 is 2.76 bits per heavy atom. The Morgan fingerprint density at radius 1 is 1.28 bits per heavy atom. The molecule has 2 aliphatic rings. The summed E-state index contributed by atoms with van der Waals surface area (Å²) in [4.78, 5) is 20.3. The van der Waals surface area contributed by atoms with Gasteiger partial charge in [-0.15, -0.1) is 0 Å². The van der Waals surface area contributed by atoms with Crippen molar-refractivity contribution >= 4 is 22.6 Å². The van der Waals surface area contributed by atoms with E-state index in [4.69, 9.17) is 4.98 Å². The van der Waals surface area contributed by atoms with Crippen LogP contribution in [0.1, 0.15) is 40.9 Å². The Hall–Kier alpha value is -2.14. The van der Waals surface area contributed by atoms with Crippen LogP contribution in [0.3, 0.4) is 0 Å². The van der Waals surface area contributed by atoms with Gasteiger partial charge in [0.2, 0.25) is 0 Å². The van der Waals surface area contributed by atoms with E-state index in [0.717, 1.165) is 30.2 Å². The smallest absolute Gasteiger partial charge is 0.335 e. The molecule has 0 saturated carbocycles. The highest BCUT2D eigenvalue weighted by Crippen LogP contribution is 2.38. The van der Waals surface area contributed by atoms with E-state index >= 15 is 0 Å². The molecule has 1 aliphatic heterocycles. The number of pyridine rings is 1. The van der Waals surface area contributed by atoms with Crippen LogP contribution in [0, 0.1) is 0 Å². The average Bonchev–Trinajstić information content (AvgIpc) is 3.07. The molecule has 0 spiro atoms. The maximum Gasteiger partial charge on any atom is 0.335 e. The average molecular weight is 340 g/mol. The fraction of sp³-hybridized carbons (Fsp3) is 0.500. The maximum atomic E-state index is 11.5. The van der Waals surface area contributed by atoms with Gasteiger partial charge in [-0.05, 0) is 43.0 Å². The molecule has 25 heavy (non-hydrogen) atoms. The number of aryl methyl sites for hydroxylation is 1. The van der Waals surface area contributed by atoms with Gasteiger partial charge in [-0.2, -0.15) is 0 Å². The van der Waals surface area contributed by atoms with Gasteiger partial charge in [0.1, 0.15) is 0 Å². The van der Waals surface area contributed by atoms with Gasteiger partial charge >= 0.3 is 5.97 Å². The largest absolute Gasteiger partial charge is 0.478 e. The highest BCUT2D eigenvalue weighted by atomic mass is 16.4. The summed E-state index contributed by atoms with van der Waals surface area (Å²) in [5, 5.41) is 10.4. The minimum atomic E-state index is -0.876. The van der Waals surface area contributed by atoms with Crippen molar-refractivity contribution in [3.8, 4) is 0 Å². The summed E-state index contributed by atoms with van der Waals surface area (Å²) < 4.78 is 0. The van der Waals surface area contributed by atoms with Gasteiger partial charge in [0, 0.05) is 37.0 Å². The molecular formula is C20H26N3O2+. The molecule has 2 aromatic rings. The number of likely N-dealkylation sites (tertiary alicyclic amines) is 1. The lowest BCUT2D eigenvalue weighted by Crippen LogP contribution is -3.10. The summed E-state index contributed by atoms with van der Waals surface area (Å²) in [6.45, 7) is 2.39. The molecule has 4 rings (SSSR count). The molecule has 0 unspecified atom stereocenters. The molecule has 0 bridgehead atoms. The van der Waals surface area contributed by atoms with Gasteiger partial charge < -0.3 is 14.9 Å². The number of piperidine rings is 1. The van der Waals surface area contributed by atoms with E-state index in [0.29, 0.717) is 11.6 Å². The van der Waals surface area contributed by atoms with Gasteiger partial charge in [-0.3, -0.25) is 4.98 Å². The highest BCUT2D eigenvalue weighted by molar-refractivity contribution is 5.99. The SMILES string of the molecule is CN(c1c2c(nc3ccc(C(=O)O)cc13)CCC2)C1CC[NH+](C)CC1. The molecule has 1 aromatic carbocycles. The van der Waals surface area contributed by atoms with E-state index in [2.05, 4.69) is 19.0 Å². The Morgan fingerprint density at radius 2 is 2.04 bits per heavy atom. The second-order valence-electron chi connectivity index (χ2n) is 7.58. The van der Waals surface area contributed by atoms with Gasteiger partial charge in [0.15, 0.2) is 0 Å². The van der Waals surface area contributed by atoms with Crippen LogP contribution in [0.15, 0.2) is 18.2 Å². The summed E-state index contributed by atoms with van der Waals surface area (Å²) in [5.41, 5.74) is 5.03. The van der Waals surface area contributed by atoms with Crippen molar-refractivity contribution in [2.75, 3.05) is 32.1 Å². The van der Waals surface area contributed by atoms with E-state index in [1.165, 1.54) is 42.9 Å². The first-order chi connectivity index (χ1) is 12.0. The molecule has 5 nitrogen and oxygen atoms in total. The fourth-order valence-electron chi connectivity index (χ4n) is 4.44. The molecule has 2 N–H and O–H groups in total. The maximum absolute atomic E-state index is 11.5. The molecule has 1 saturated heterocycles. The Kier molecular flexibility index (Phi) is 4.12. The zero-order valence-electron chi connectivity index (χ0n) is 15.0. The molecule has 2 heterocycles. The van der Waals surface area contributed by atoms with Crippen molar-refractivity contribution in [2.45, 2.75) is 38.1 Å². The van der Waals surface area contributed by atoms with Gasteiger partial charge in [-0.1, -0.05) is 0 Å². The van der Waals surface area contributed by atoms with Crippen LogP contribution >= 0.6 is 0 Å². The number of hydrogen-bond donors (Lipinski definition) is 2. The first kappa shape index (κ1) is 16.3. The lowest BCUT2D eigenvalue weighted by Gasteiger charge is -2.36. The number of rotatable bonds is 3. The number of carboxylic acid groups (broad SMARTS) is 1. The Bertz CT molecular complexity index is 825. The van der Waals surface area contributed by atoms with Crippen molar-refractivity contribution in [3.63, 3.8) is 0 Å².